The summed E-state index contributed by atoms with van der Waals surface area (Å²) in [6.45, 7) is 4.61. The van der Waals surface area contributed by atoms with Crippen molar-refractivity contribution in [2.24, 2.45) is 5.92 Å². The van der Waals surface area contributed by atoms with Gasteiger partial charge in [0.2, 0.25) is 0 Å². The third-order valence-corrected chi connectivity index (χ3v) is 9.56. The van der Waals surface area contributed by atoms with Gasteiger partial charge in [0.25, 0.3) is 5.56 Å². The van der Waals surface area contributed by atoms with Crippen molar-refractivity contribution in [2.75, 3.05) is 25.0 Å². The van der Waals surface area contributed by atoms with E-state index < -0.39 is 5.97 Å². The van der Waals surface area contributed by atoms with Gasteiger partial charge in [-0.05, 0) is 86.8 Å². The van der Waals surface area contributed by atoms with E-state index in [-0.39, 0.29) is 22.9 Å². The fourth-order valence-corrected chi connectivity index (χ4v) is 7.08. The number of hydrogen-bond donors (Lipinski definition) is 4. The lowest BCUT2D eigenvalue weighted by molar-refractivity contribution is 0.0696. The highest BCUT2D eigenvalue weighted by atomic mass is 16.4. The number of aromatic amines is 2. The molecule has 2 bridgehead atoms. The summed E-state index contributed by atoms with van der Waals surface area (Å²) in [6, 6.07) is 20.4. The van der Waals surface area contributed by atoms with Crippen LogP contribution < -0.4 is 10.9 Å². The lowest BCUT2D eigenvalue weighted by Crippen LogP contribution is -2.53. The van der Waals surface area contributed by atoms with Gasteiger partial charge < -0.3 is 29.9 Å². The van der Waals surface area contributed by atoms with Crippen LogP contribution in [0.15, 0.2) is 83.9 Å². The Morgan fingerprint density at radius 3 is 2.41 bits per heavy atom. The molecule has 9 rings (SSSR count). The Labute approximate surface area is 263 Å². The monoisotopic (exact) mass is 612 g/mol. The molecule has 10 heteroatoms. The highest BCUT2D eigenvalue weighted by molar-refractivity contribution is 6.03. The Kier molecular flexibility index (Phi) is 6.61. The molecule has 3 aliphatic heterocycles. The average Bonchev–Trinajstić information content (AvgIpc) is 3.73. The number of hydrogen-bond acceptors (Lipinski definition) is 6. The smallest absolute Gasteiger partial charge is 0.335 e. The molecule has 6 aromatic rings. The van der Waals surface area contributed by atoms with E-state index >= 15 is 0 Å². The molecular formula is C36H32N6O4. The van der Waals surface area contributed by atoms with Crippen LogP contribution in [0.4, 0.5) is 5.69 Å². The van der Waals surface area contributed by atoms with Crippen molar-refractivity contribution in [3.05, 3.63) is 101 Å². The molecule has 0 saturated carbocycles. The minimum Gasteiger partial charge on any atom is -0.478 e. The van der Waals surface area contributed by atoms with Crippen molar-refractivity contribution in [2.45, 2.75) is 25.8 Å². The number of rotatable bonds is 7. The molecule has 3 aromatic carbocycles. The number of carboxylic acids is 1. The molecule has 230 valence electrons. The first-order valence-electron chi connectivity index (χ1n) is 15.5. The summed E-state index contributed by atoms with van der Waals surface area (Å²) in [5, 5.41) is 14.2. The van der Waals surface area contributed by atoms with E-state index in [0.29, 0.717) is 34.1 Å². The number of nitrogens with zero attached hydrogens (tertiary/aromatic N) is 3. The predicted molar refractivity (Wildman–Crippen MR) is 178 cm³/mol. The number of carbonyl (C=O) groups excluding carboxylic acids is 1. The van der Waals surface area contributed by atoms with Crippen molar-refractivity contribution in [1.82, 2.24) is 24.4 Å². The molecule has 10 nitrogen and oxygen atoms in total. The van der Waals surface area contributed by atoms with Crippen molar-refractivity contribution < 1.29 is 14.7 Å². The molecule has 46 heavy (non-hydrogen) atoms. The summed E-state index contributed by atoms with van der Waals surface area (Å²) in [4.78, 5) is 51.7. The molecule has 0 unspecified atom stereocenters. The number of carbonyl (C=O) groups is 2. The highest BCUT2D eigenvalue weighted by Gasteiger charge is 2.35. The molecule has 0 aliphatic carbocycles. The second-order valence-electron chi connectivity index (χ2n) is 12.4. The van der Waals surface area contributed by atoms with Crippen molar-refractivity contribution >= 4 is 39.4 Å². The van der Waals surface area contributed by atoms with Gasteiger partial charge in [-0.1, -0.05) is 24.3 Å². The molecule has 3 aromatic heterocycles. The Morgan fingerprint density at radius 2 is 1.74 bits per heavy atom. The molecule has 4 N–H and O–H groups in total. The van der Waals surface area contributed by atoms with Crippen LogP contribution in [-0.2, 0) is 0 Å². The molecule has 3 aliphatic rings. The number of anilines is 1. The number of nitrogens with one attached hydrogen (secondary N) is 3. The third-order valence-electron chi connectivity index (χ3n) is 9.56. The number of aromatic carboxylic acids is 1. The van der Waals surface area contributed by atoms with Crippen molar-refractivity contribution in [1.29, 1.82) is 0 Å². The molecule has 0 spiro atoms. The van der Waals surface area contributed by atoms with Crippen molar-refractivity contribution in [3.63, 3.8) is 0 Å². The zero-order chi connectivity index (χ0) is 31.5. The summed E-state index contributed by atoms with van der Waals surface area (Å²) < 4.78 is 1.86. The van der Waals surface area contributed by atoms with Crippen LogP contribution >= 0.6 is 0 Å². The van der Waals surface area contributed by atoms with Gasteiger partial charge in [0.15, 0.2) is 5.78 Å². The number of aromatic nitrogens is 4. The lowest BCUT2D eigenvalue weighted by atomic mass is 9.83. The molecule has 6 heterocycles. The zero-order valence-corrected chi connectivity index (χ0v) is 25.2. The van der Waals surface area contributed by atoms with E-state index in [9.17, 15) is 19.5 Å². The fraction of sp³-hybridized carbons (Fsp3) is 0.222. The minimum atomic E-state index is -1.00. The van der Waals surface area contributed by atoms with E-state index in [4.69, 9.17) is 4.98 Å². The number of ketones is 1. The predicted octanol–water partition coefficient (Wildman–Crippen LogP) is 5.94. The third kappa shape index (κ3) is 4.78. The van der Waals surface area contributed by atoms with E-state index in [1.54, 1.807) is 36.5 Å². The van der Waals surface area contributed by atoms with E-state index in [1.165, 1.54) is 6.92 Å². The number of pyridine rings is 1. The first-order chi connectivity index (χ1) is 22.3. The maximum Gasteiger partial charge on any atom is 0.335 e. The molecule has 3 fully saturated rings. The Bertz CT molecular complexity index is 2190. The maximum atomic E-state index is 14.1. The van der Waals surface area contributed by atoms with Crippen LogP contribution in [0.3, 0.4) is 0 Å². The Hall–Kier alpha value is -5.48. The molecule has 0 amide bonds. The second-order valence-corrected chi connectivity index (χ2v) is 12.4. The van der Waals surface area contributed by atoms with Gasteiger partial charge in [-0.15, -0.1) is 0 Å². The normalized spacial score (nSPS) is 19.1. The highest BCUT2D eigenvalue weighted by Crippen LogP contribution is 2.39. The standard InChI is InChI=1S/C36H32N6O4/c1-20(43)24-12-15-42(18-24)31-17-29-26(16-25(31)21-6-8-23(9-7-21)36(45)46)33(37-30-19-41-13-10-22(30)11-14-41)32(35(44)40-29)34-38-27-4-2-3-5-28(27)39-34/h2-9,12,15-18,22,30H,10-11,13-14,19H2,1H3,(H,38,39)(H,45,46)(H2,37,40,44)/t30-/m0/s1. The molecule has 3 saturated heterocycles. The number of imidazole rings is 1. The van der Waals surface area contributed by atoms with Gasteiger partial charge >= 0.3 is 5.97 Å². The Balaban J connectivity index is 1.39. The zero-order valence-electron chi connectivity index (χ0n) is 25.2. The largest absolute Gasteiger partial charge is 0.478 e. The van der Waals surface area contributed by atoms with E-state index in [1.807, 2.05) is 47.2 Å². The summed E-state index contributed by atoms with van der Waals surface area (Å²) in [7, 11) is 0. The van der Waals surface area contributed by atoms with Gasteiger partial charge in [-0.2, -0.15) is 0 Å². The van der Waals surface area contributed by atoms with Gasteiger partial charge in [-0.3, -0.25) is 9.59 Å². The van der Waals surface area contributed by atoms with Crippen LogP contribution in [0.2, 0.25) is 0 Å². The molecule has 1 atom stereocenters. The molecule has 0 radical (unpaired) electrons. The summed E-state index contributed by atoms with van der Waals surface area (Å²) in [5.41, 5.74) is 6.23. The van der Waals surface area contributed by atoms with E-state index in [0.717, 1.165) is 65.7 Å². The summed E-state index contributed by atoms with van der Waals surface area (Å²) >= 11 is 0. The van der Waals surface area contributed by atoms with Gasteiger partial charge in [0.05, 0.1) is 33.5 Å². The van der Waals surface area contributed by atoms with Crippen molar-refractivity contribution in [3.8, 4) is 28.2 Å². The van der Waals surface area contributed by atoms with Crippen LogP contribution in [0, 0.1) is 5.92 Å². The fourth-order valence-electron chi connectivity index (χ4n) is 7.08. The first kappa shape index (κ1) is 28.0. The van der Waals surface area contributed by atoms with Crippen LogP contribution in [-0.4, -0.2) is 67.0 Å². The first-order valence-corrected chi connectivity index (χ1v) is 15.5. The second kappa shape index (κ2) is 10.8. The van der Waals surface area contributed by atoms with Gasteiger partial charge in [-0.25, -0.2) is 9.78 Å². The summed E-state index contributed by atoms with van der Waals surface area (Å²) in [6.07, 6.45) is 5.80. The minimum absolute atomic E-state index is 0.0557. The SMILES string of the molecule is CC(=O)c1ccn(-c2cc3[nH]c(=O)c(-c4nc5ccccc5[nH]4)c(N[C@H]4CN5CCC4CC5)c3cc2-c2ccc(C(=O)O)cc2)c1. The number of benzene rings is 3. The Morgan fingerprint density at radius 1 is 0.957 bits per heavy atom. The average molecular weight is 613 g/mol. The van der Waals surface area contributed by atoms with E-state index in [2.05, 4.69) is 20.2 Å². The number of fused-ring (bicyclic) bond motifs is 5. The number of H-pyrrole nitrogens is 2. The lowest BCUT2D eigenvalue weighted by Gasteiger charge is -2.45. The maximum absolute atomic E-state index is 14.1. The van der Waals surface area contributed by atoms with Gasteiger partial charge in [0.1, 0.15) is 11.4 Å². The number of Topliss-reactive ketones (excluding diaryl/α,β-unsaturated/α-hetero) is 1. The van der Waals surface area contributed by atoms with Gasteiger partial charge in [0, 0.05) is 41.5 Å². The number of piperidine rings is 3. The van der Waals surface area contributed by atoms with Crippen LogP contribution in [0.5, 0.6) is 0 Å². The number of carboxylic acid groups (broad SMARTS) is 1. The topological polar surface area (TPSA) is 136 Å². The molecular weight excluding hydrogens is 580 g/mol. The van der Waals surface area contributed by atoms with Crippen LogP contribution in [0.25, 0.3) is 50.1 Å². The van der Waals surface area contributed by atoms with Crippen LogP contribution in [0.1, 0.15) is 40.5 Å². The summed E-state index contributed by atoms with van der Waals surface area (Å²) in [5.74, 6) is -0.0743. The number of para-hydroxylation sites is 2. The quantitative estimate of drug-likeness (QED) is 0.164.